The van der Waals surface area contributed by atoms with Crippen LogP contribution >= 0.6 is 12.4 Å². The molecule has 0 saturated carbocycles. The van der Waals surface area contributed by atoms with Crippen LogP contribution in [0.4, 0.5) is 14.5 Å². The van der Waals surface area contributed by atoms with Gasteiger partial charge in [0.25, 0.3) is 5.69 Å². The Morgan fingerprint density at radius 3 is 2.68 bits per heavy atom. The number of nitrogens with zero attached hydrogens (tertiary/aromatic N) is 2. The molecule has 0 aromatic heterocycles. The number of rotatable bonds is 7. The van der Waals surface area contributed by atoms with Crippen molar-refractivity contribution in [1.82, 2.24) is 4.90 Å². The molecule has 25 heavy (non-hydrogen) atoms. The molecule has 1 aromatic rings. The largest absolute Gasteiger partial charge is 0.493 e. The molecular formula is C14H17ClF2N2O6. The SMILES string of the molecule is COc1cc(CN2CCCC2C(=O)O)c([N+](=O)[O-])cc1OC(F)F.Cl. The number of nitro benzene ring substituents is 1. The lowest BCUT2D eigenvalue weighted by Crippen LogP contribution is -2.35. The van der Waals surface area contributed by atoms with Gasteiger partial charge >= 0.3 is 12.6 Å². The van der Waals surface area contributed by atoms with Crippen LogP contribution in [0.3, 0.4) is 0 Å². The van der Waals surface area contributed by atoms with E-state index < -0.39 is 35.0 Å². The summed E-state index contributed by atoms with van der Waals surface area (Å²) in [7, 11) is 1.22. The van der Waals surface area contributed by atoms with E-state index in [2.05, 4.69) is 4.74 Å². The number of carboxylic acid groups (broad SMARTS) is 1. The second-order valence-corrected chi connectivity index (χ2v) is 5.23. The molecule has 1 heterocycles. The molecule has 1 aromatic carbocycles. The molecule has 0 amide bonds. The Morgan fingerprint density at radius 1 is 1.48 bits per heavy atom. The summed E-state index contributed by atoms with van der Waals surface area (Å²) in [6.07, 6.45) is 1.11. The summed E-state index contributed by atoms with van der Waals surface area (Å²) < 4.78 is 34.0. The number of aliphatic carboxylic acids is 1. The van der Waals surface area contributed by atoms with Crippen molar-refractivity contribution < 1.29 is 33.1 Å². The molecular weight excluding hydrogens is 366 g/mol. The molecule has 1 unspecified atom stereocenters. The summed E-state index contributed by atoms with van der Waals surface area (Å²) in [6.45, 7) is -2.68. The van der Waals surface area contributed by atoms with E-state index in [0.29, 0.717) is 19.4 Å². The number of likely N-dealkylation sites (tertiary alicyclic amines) is 1. The minimum Gasteiger partial charge on any atom is -0.493 e. The van der Waals surface area contributed by atoms with Crippen LogP contribution in [0.15, 0.2) is 12.1 Å². The zero-order valence-electron chi connectivity index (χ0n) is 13.2. The standard InChI is InChI=1S/C14H16F2N2O6.ClH/c1-23-11-5-8(7-17-4-2-3-9(17)13(19)20)10(18(21)22)6-12(11)24-14(15)16;/h5-6,9,14H,2-4,7H2,1H3,(H,19,20);1H. The lowest BCUT2D eigenvalue weighted by atomic mass is 10.1. The van der Waals surface area contributed by atoms with Crippen molar-refractivity contribution in [2.75, 3.05) is 13.7 Å². The fraction of sp³-hybridized carbons (Fsp3) is 0.500. The van der Waals surface area contributed by atoms with E-state index in [1.165, 1.54) is 13.2 Å². The highest BCUT2D eigenvalue weighted by molar-refractivity contribution is 5.85. The molecule has 11 heteroatoms. The van der Waals surface area contributed by atoms with Crippen LogP contribution < -0.4 is 9.47 Å². The summed E-state index contributed by atoms with van der Waals surface area (Å²) in [4.78, 5) is 23.3. The first-order valence-corrected chi connectivity index (χ1v) is 7.10. The molecule has 1 N–H and O–H groups in total. The number of hydrogen-bond acceptors (Lipinski definition) is 6. The molecule has 0 radical (unpaired) electrons. The van der Waals surface area contributed by atoms with E-state index >= 15 is 0 Å². The number of hydrogen-bond donors (Lipinski definition) is 1. The fourth-order valence-corrected chi connectivity index (χ4v) is 2.75. The quantitative estimate of drug-likeness (QED) is 0.571. The van der Waals surface area contributed by atoms with Gasteiger partial charge in [-0.3, -0.25) is 19.8 Å². The van der Waals surface area contributed by atoms with Crippen molar-refractivity contribution in [3.05, 3.63) is 27.8 Å². The van der Waals surface area contributed by atoms with Gasteiger partial charge in [0.05, 0.1) is 18.1 Å². The predicted octanol–water partition coefficient (Wildman–Crippen LogP) is 2.68. The smallest absolute Gasteiger partial charge is 0.387 e. The Bertz CT molecular complexity index is 646. The molecule has 1 atom stereocenters. The molecule has 8 nitrogen and oxygen atoms in total. The van der Waals surface area contributed by atoms with Crippen molar-refractivity contribution in [3.63, 3.8) is 0 Å². The summed E-state index contributed by atoms with van der Waals surface area (Å²) in [5, 5.41) is 20.4. The van der Waals surface area contributed by atoms with Gasteiger partial charge in [0.1, 0.15) is 6.04 Å². The predicted molar refractivity (Wildman–Crippen MR) is 84.6 cm³/mol. The molecule has 2 rings (SSSR count). The van der Waals surface area contributed by atoms with Gasteiger partial charge in [-0.2, -0.15) is 8.78 Å². The summed E-state index contributed by atoms with van der Waals surface area (Å²) >= 11 is 0. The van der Waals surface area contributed by atoms with Crippen LogP contribution in [0.25, 0.3) is 0 Å². The summed E-state index contributed by atoms with van der Waals surface area (Å²) in [5.41, 5.74) is -0.255. The van der Waals surface area contributed by atoms with Gasteiger partial charge in [-0.05, 0) is 25.5 Å². The first kappa shape index (κ1) is 20.8. The van der Waals surface area contributed by atoms with Crippen molar-refractivity contribution in [2.45, 2.75) is 32.0 Å². The van der Waals surface area contributed by atoms with E-state index in [-0.39, 0.29) is 30.3 Å². The lowest BCUT2D eigenvalue weighted by Gasteiger charge is -2.21. The Balaban J connectivity index is 0.00000312. The van der Waals surface area contributed by atoms with Gasteiger partial charge in [0.15, 0.2) is 11.5 Å². The van der Waals surface area contributed by atoms with Crippen LogP contribution in [0.5, 0.6) is 11.5 Å². The third kappa shape index (κ3) is 4.89. The van der Waals surface area contributed by atoms with Crippen molar-refractivity contribution in [1.29, 1.82) is 0 Å². The zero-order chi connectivity index (χ0) is 17.9. The molecule has 0 aliphatic carbocycles. The normalized spacial score (nSPS) is 17.2. The first-order valence-electron chi connectivity index (χ1n) is 7.10. The van der Waals surface area contributed by atoms with Gasteiger partial charge in [0.2, 0.25) is 0 Å². The van der Waals surface area contributed by atoms with Gasteiger partial charge in [0, 0.05) is 12.1 Å². The number of benzene rings is 1. The minimum atomic E-state index is -3.15. The minimum absolute atomic E-state index is 0. The first-order chi connectivity index (χ1) is 11.3. The topological polar surface area (TPSA) is 102 Å². The summed E-state index contributed by atoms with van der Waals surface area (Å²) in [6, 6.07) is 1.37. The highest BCUT2D eigenvalue weighted by atomic mass is 35.5. The third-order valence-electron chi connectivity index (χ3n) is 3.80. The molecule has 1 aliphatic rings. The van der Waals surface area contributed by atoms with Crippen molar-refractivity contribution in [3.8, 4) is 11.5 Å². The van der Waals surface area contributed by atoms with Crippen LogP contribution in [-0.4, -0.2) is 47.2 Å². The average molecular weight is 383 g/mol. The highest BCUT2D eigenvalue weighted by Gasteiger charge is 2.32. The van der Waals surface area contributed by atoms with Gasteiger partial charge < -0.3 is 14.6 Å². The second-order valence-electron chi connectivity index (χ2n) is 5.23. The van der Waals surface area contributed by atoms with Crippen LogP contribution in [0.1, 0.15) is 18.4 Å². The number of alkyl halides is 2. The van der Waals surface area contributed by atoms with E-state index in [1.807, 2.05) is 0 Å². The van der Waals surface area contributed by atoms with E-state index in [4.69, 9.17) is 4.74 Å². The average Bonchev–Trinajstić information content (AvgIpc) is 2.95. The molecule has 140 valence electrons. The van der Waals surface area contributed by atoms with Gasteiger partial charge in [-0.15, -0.1) is 12.4 Å². The number of halogens is 3. The Kier molecular flexibility index (Phi) is 7.31. The molecule has 0 bridgehead atoms. The molecule has 1 saturated heterocycles. The number of nitro groups is 1. The lowest BCUT2D eigenvalue weighted by molar-refractivity contribution is -0.385. The number of carboxylic acids is 1. The monoisotopic (exact) mass is 382 g/mol. The van der Waals surface area contributed by atoms with Gasteiger partial charge in [-0.1, -0.05) is 0 Å². The maximum Gasteiger partial charge on any atom is 0.387 e. The molecule has 0 spiro atoms. The summed E-state index contributed by atoms with van der Waals surface area (Å²) in [5.74, 6) is -1.53. The number of methoxy groups -OCH3 is 1. The Labute approximate surface area is 147 Å². The maximum atomic E-state index is 12.4. The van der Waals surface area contributed by atoms with Gasteiger partial charge in [-0.25, -0.2) is 0 Å². The van der Waals surface area contributed by atoms with Crippen LogP contribution in [-0.2, 0) is 11.3 Å². The maximum absolute atomic E-state index is 12.4. The third-order valence-corrected chi connectivity index (χ3v) is 3.80. The van der Waals surface area contributed by atoms with Crippen molar-refractivity contribution in [2.24, 2.45) is 0 Å². The zero-order valence-corrected chi connectivity index (χ0v) is 14.0. The van der Waals surface area contributed by atoms with E-state index in [9.17, 15) is 28.8 Å². The van der Waals surface area contributed by atoms with Crippen LogP contribution in [0.2, 0.25) is 0 Å². The molecule has 1 aliphatic heterocycles. The van der Waals surface area contributed by atoms with E-state index in [0.717, 1.165) is 6.07 Å². The highest BCUT2D eigenvalue weighted by Crippen LogP contribution is 2.37. The van der Waals surface area contributed by atoms with Crippen molar-refractivity contribution >= 4 is 24.1 Å². The molecule has 1 fully saturated rings. The Hall–Kier alpha value is -2.20. The second kappa shape index (κ2) is 8.77. The fourth-order valence-electron chi connectivity index (χ4n) is 2.75. The number of ether oxygens (including phenoxy) is 2. The van der Waals surface area contributed by atoms with E-state index in [1.54, 1.807) is 4.90 Å². The van der Waals surface area contributed by atoms with Crippen LogP contribution in [0, 0.1) is 10.1 Å². The number of carbonyl (C=O) groups is 1. The Morgan fingerprint density at radius 2 is 2.16 bits per heavy atom.